The summed E-state index contributed by atoms with van der Waals surface area (Å²) in [5.74, 6) is 1.21. The highest BCUT2D eigenvalue weighted by Crippen LogP contribution is 2.37. The van der Waals surface area contributed by atoms with Gasteiger partial charge in [0, 0.05) is 13.1 Å². The molecule has 158 valence electrons. The molecule has 0 aromatic heterocycles. The predicted octanol–water partition coefficient (Wildman–Crippen LogP) is 4.13. The van der Waals surface area contributed by atoms with Gasteiger partial charge >= 0.3 is 6.03 Å². The van der Waals surface area contributed by atoms with Gasteiger partial charge in [0.1, 0.15) is 0 Å². The van der Waals surface area contributed by atoms with E-state index in [2.05, 4.69) is 24.3 Å². The van der Waals surface area contributed by atoms with Crippen LogP contribution >= 0.6 is 0 Å². The highest BCUT2D eigenvalue weighted by molar-refractivity contribution is 5.77. The molecule has 1 aliphatic heterocycles. The molecule has 5 rings (SSSR count). The molecule has 1 heterocycles. The number of nitrogens with zero attached hydrogens (tertiary/aromatic N) is 2. The third-order valence-corrected chi connectivity index (χ3v) is 6.96. The van der Waals surface area contributed by atoms with E-state index in [1.807, 2.05) is 46.2 Å². The van der Waals surface area contributed by atoms with Crippen LogP contribution in [-0.2, 0) is 12.8 Å². The monoisotopic (exact) mass is 404 g/mol. The van der Waals surface area contributed by atoms with Crippen LogP contribution < -0.4 is 0 Å². The predicted molar refractivity (Wildman–Crippen MR) is 118 cm³/mol. The Morgan fingerprint density at radius 1 is 0.700 bits per heavy atom. The third-order valence-electron chi connectivity index (χ3n) is 6.96. The Balaban J connectivity index is 1.45. The van der Waals surface area contributed by atoms with Gasteiger partial charge in [-0.15, -0.1) is 0 Å². The van der Waals surface area contributed by atoms with Crippen molar-refractivity contribution in [2.75, 3.05) is 13.1 Å². The maximum atomic E-state index is 13.7. The van der Waals surface area contributed by atoms with Gasteiger partial charge in [-0.05, 0) is 61.5 Å². The molecule has 2 aromatic carbocycles. The Bertz CT molecular complexity index is 778. The molecule has 2 atom stereocenters. The molecule has 3 aliphatic rings. The van der Waals surface area contributed by atoms with Crippen LogP contribution in [0.25, 0.3) is 0 Å². The smallest absolute Gasteiger partial charge is 0.320 e. The molecule has 2 aliphatic carbocycles. The lowest BCUT2D eigenvalue weighted by Gasteiger charge is -2.50. The molecule has 4 heteroatoms. The van der Waals surface area contributed by atoms with Crippen LogP contribution in [-0.4, -0.2) is 52.2 Å². The maximum Gasteiger partial charge on any atom is 0.320 e. The van der Waals surface area contributed by atoms with Crippen LogP contribution in [0.5, 0.6) is 0 Å². The molecule has 2 amide bonds. The summed E-state index contributed by atoms with van der Waals surface area (Å²) >= 11 is 0. The summed E-state index contributed by atoms with van der Waals surface area (Å²) in [5.41, 5.74) is 2.37. The minimum atomic E-state index is -0.555. The van der Waals surface area contributed by atoms with Crippen molar-refractivity contribution in [3.05, 3.63) is 71.8 Å². The van der Waals surface area contributed by atoms with E-state index in [1.54, 1.807) is 0 Å². The van der Waals surface area contributed by atoms with Gasteiger partial charge in [0.25, 0.3) is 0 Å². The zero-order chi connectivity index (χ0) is 20.5. The van der Waals surface area contributed by atoms with E-state index in [-0.39, 0.29) is 18.1 Å². The van der Waals surface area contributed by atoms with Crippen molar-refractivity contribution in [2.45, 2.75) is 56.7 Å². The zero-order valence-electron chi connectivity index (χ0n) is 17.6. The average Bonchev–Trinajstić information content (AvgIpc) is 3.69. The highest BCUT2D eigenvalue weighted by atomic mass is 16.3. The van der Waals surface area contributed by atoms with Crippen LogP contribution in [0.1, 0.15) is 36.8 Å². The molecule has 0 bridgehead atoms. The summed E-state index contributed by atoms with van der Waals surface area (Å²) in [4.78, 5) is 17.8. The van der Waals surface area contributed by atoms with Crippen molar-refractivity contribution in [1.82, 2.24) is 9.80 Å². The second-order valence-electron chi connectivity index (χ2n) is 9.48. The number of carbonyl (C=O) groups excluding carboxylic acids is 1. The summed E-state index contributed by atoms with van der Waals surface area (Å²) in [7, 11) is 0. The van der Waals surface area contributed by atoms with Gasteiger partial charge in [-0.3, -0.25) is 0 Å². The number of hydrogen-bond donors (Lipinski definition) is 1. The van der Waals surface area contributed by atoms with Gasteiger partial charge in [0.15, 0.2) is 0 Å². The summed E-state index contributed by atoms with van der Waals surface area (Å²) in [5, 5.41) is 11.6. The number of benzene rings is 2. The van der Waals surface area contributed by atoms with Crippen molar-refractivity contribution in [2.24, 2.45) is 11.8 Å². The quantitative estimate of drug-likeness (QED) is 0.719. The Kier molecular flexibility index (Phi) is 5.51. The number of aliphatic hydroxyl groups excluding tert-OH is 1. The Morgan fingerprint density at radius 2 is 1.10 bits per heavy atom. The van der Waals surface area contributed by atoms with E-state index in [0.717, 1.165) is 13.1 Å². The fraction of sp³-hybridized carbons (Fsp3) is 0.500. The number of amides is 2. The molecule has 30 heavy (non-hydrogen) atoms. The second kappa shape index (κ2) is 8.43. The first-order valence-corrected chi connectivity index (χ1v) is 11.5. The molecule has 1 saturated heterocycles. The lowest BCUT2D eigenvalue weighted by molar-refractivity contribution is -0.0399. The molecule has 0 unspecified atom stereocenters. The van der Waals surface area contributed by atoms with E-state index >= 15 is 0 Å². The average molecular weight is 405 g/mol. The minimum Gasteiger partial charge on any atom is -0.389 e. The SMILES string of the molecule is O=C1N(CC2CC2)[C@@H](Cc2ccccc2)C(O)[C@H](Cc2ccccc2)N1CC1CC1. The first-order chi connectivity index (χ1) is 14.7. The summed E-state index contributed by atoms with van der Waals surface area (Å²) in [6, 6.07) is 20.4. The highest BCUT2D eigenvalue weighted by Gasteiger charge is 2.48. The normalized spacial score (nSPS) is 25.0. The number of aliphatic hydroxyl groups is 1. The van der Waals surface area contributed by atoms with Crippen LogP contribution in [0, 0.1) is 11.8 Å². The Labute approximate surface area is 179 Å². The van der Waals surface area contributed by atoms with E-state index in [1.165, 1.54) is 36.8 Å². The Morgan fingerprint density at radius 3 is 1.47 bits per heavy atom. The summed E-state index contributed by atoms with van der Waals surface area (Å²) < 4.78 is 0. The Hall–Kier alpha value is -2.33. The minimum absolute atomic E-state index is 0.140. The molecule has 0 spiro atoms. The topological polar surface area (TPSA) is 43.8 Å². The van der Waals surface area contributed by atoms with Gasteiger partial charge in [-0.25, -0.2) is 4.79 Å². The molecular formula is C26H32N2O2. The lowest BCUT2D eigenvalue weighted by Crippen LogP contribution is -2.67. The first kappa shape index (κ1) is 19.6. The van der Waals surface area contributed by atoms with E-state index < -0.39 is 6.10 Å². The van der Waals surface area contributed by atoms with Gasteiger partial charge in [0.2, 0.25) is 0 Å². The van der Waals surface area contributed by atoms with E-state index in [9.17, 15) is 9.90 Å². The van der Waals surface area contributed by atoms with Crippen molar-refractivity contribution in [3.8, 4) is 0 Å². The number of urea groups is 1. The van der Waals surface area contributed by atoms with Gasteiger partial charge in [-0.1, -0.05) is 60.7 Å². The van der Waals surface area contributed by atoms with Gasteiger partial charge < -0.3 is 14.9 Å². The largest absolute Gasteiger partial charge is 0.389 e. The standard InChI is InChI=1S/C26H32N2O2/c29-25-23(15-19-7-3-1-4-8-19)27(17-21-11-12-21)26(30)28(18-22-13-14-22)24(25)16-20-9-5-2-6-10-20/h1-10,21-25,29H,11-18H2/t23-,24-/m0/s1. The van der Waals surface area contributed by atoms with E-state index in [0.29, 0.717) is 24.7 Å². The molecular weight excluding hydrogens is 372 g/mol. The van der Waals surface area contributed by atoms with Crippen molar-refractivity contribution in [1.29, 1.82) is 0 Å². The number of rotatable bonds is 8. The maximum absolute atomic E-state index is 13.7. The lowest BCUT2D eigenvalue weighted by atomic mass is 9.88. The molecule has 3 fully saturated rings. The van der Waals surface area contributed by atoms with Gasteiger partial charge in [-0.2, -0.15) is 0 Å². The first-order valence-electron chi connectivity index (χ1n) is 11.5. The molecule has 0 radical (unpaired) electrons. The van der Waals surface area contributed by atoms with Crippen molar-refractivity contribution >= 4 is 6.03 Å². The van der Waals surface area contributed by atoms with Gasteiger partial charge in [0.05, 0.1) is 18.2 Å². The fourth-order valence-electron chi connectivity index (χ4n) is 4.83. The van der Waals surface area contributed by atoms with Crippen LogP contribution in [0.3, 0.4) is 0 Å². The molecule has 2 saturated carbocycles. The zero-order valence-corrected chi connectivity index (χ0v) is 17.6. The van der Waals surface area contributed by atoms with E-state index in [4.69, 9.17) is 0 Å². The molecule has 4 nitrogen and oxygen atoms in total. The fourth-order valence-corrected chi connectivity index (χ4v) is 4.83. The number of carbonyl (C=O) groups is 1. The number of hydrogen-bond acceptors (Lipinski definition) is 2. The summed E-state index contributed by atoms with van der Waals surface area (Å²) in [6.45, 7) is 1.57. The van der Waals surface area contributed by atoms with Crippen molar-refractivity contribution < 1.29 is 9.90 Å². The third kappa shape index (κ3) is 4.39. The summed E-state index contributed by atoms with van der Waals surface area (Å²) in [6.07, 6.45) is 5.68. The van der Waals surface area contributed by atoms with Crippen LogP contribution in [0.4, 0.5) is 4.79 Å². The molecule has 2 aromatic rings. The second-order valence-corrected chi connectivity index (χ2v) is 9.48. The molecule has 1 N–H and O–H groups in total. The van der Waals surface area contributed by atoms with Crippen molar-refractivity contribution in [3.63, 3.8) is 0 Å². The van der Waals surface area contributed by atoms with Crippen LogP contribution in [0.15, 0.2) is 60.7 Å². The van der Waals surface area contributed by atoms with Crippen LogP contribution in [0.2, 0.25) is 0 Å².